The predicted octanol–water partition coefficient (Wildman–Crippen LogP) is 1.42. The molecule has 3 aliphatic rings. The lowest BCUT2D eigenvalue weighted by atomic mass is 9.76. The average Bonchev–Trinajstić information content (AvgIpc) is 2.17. The van der Waals surface area contributed by atoms with E-state index in [1.165, 1.54) is 51.9 Å². The normalized spacial score (nSPS) is 44.8. The molecule has 3 atom stereocenters. The van der Waals surface area contributed by atoms with E-state index in [2.05, 4.69) is 16.8 Å². The van der Waals surface area contributed by atoms with E-state index in [-0.39, 0.29) is 0 Å². The van der Waals surface area contributed by atoms with Crippen LogP contribution in [0.2, 0.25) is 0 Å². The van der Waals surface area contributed by atoms with Gasteiger partial charge in [0.1, 0.15) is 0 Å². The van der Waals surface area contributed by atoms with Crippen molar-refractivity contribution in [3.8, 4) is 0 Å². The molecule has 80 valence electrons. The molecule has 0 amide bonds. The van der Waals surface area contributed by atoms with Crippen LogP contribution in [0.25, 0.3) is 0 Å². The van der Waals surface area contributed by atoms with E-state index in [9.17, 15) is 0 Å². The van der Waals surface area contributed by atoms with Gasteiger partial charge in [0.15, 0.2) is 0 Å². The first kappa shape index (κ1) is 9.17. The Hall–Kier alpha value is -0.0800. The van der Waals surface area contributed by atoms with Crippen molar-refractivity contribution >= 4 is 0 Å². The van der Waals surface area contributed by atoms with Gasteiger partial charge in [-0.25, -0.2) is 0 Å². The van der Waals surface area contributed by atoms with Crippen LogP contribution in [0.1, 0.15) is 25.7 Å². The number of hydrogen-bond acceptors (Lipinski definition) is 2. The zero-order valence-corrected chi connectivity index (χ0v) is 9.28. The third kappa shape index (κ3) is 1.49. The Balaban J connectivity index is 1.76. The topological polar surface area (TPSA) is 6.48 Å². The second-order valence-corrected chi connectivity index (χ2v) is 5.64. The molecule has 0 aliphatic carbocycles. The van der Waals surface area contributed by atoms with Crippen LogP contribution in [-0.4, -0.2) is 49.1 Å². The van der Waals surface area contributed by atoms with Gasteiger partial charge in [-0.3, -0.25) is 4.90 Å². The highest BCUT2D eigenvalue weighted by molar-refractivity contribution is 4.94. The van der Waals surface area contributed by atoms with Gasteiger partial charge in [0.05, 0.1) is 0 Å². The van der Waals surface area contributed by atoms with Gasteiger partial charge < -0.3 is 4.90 Å². The first-order chi connectivity index (χ1) is 6.83. The summed E-state index contributed by atoms with van der Waals surface area (Å²) in [4.78, 5) is 5.36. The molecule has 0 aromatic carbocycles. The quantitative estimate of drug-likeness (QED) is 0.575. The SMILES string of the molecule is CN1CC2C[C@@H](C1)CN1CCCC[C@@H]21. The Bertz CT molecular complexity index is 214. The molecule has 0 spiro atoms. The van der Waals surface area contributed by atoms with Crippen molar-refractivity contribution in [1.29, 1.82) is 0 Å². The highest BCUT2D eigenvalue weighted by Gasteiger charge is 2.40. The molecule has 3 saturated heterocycles. The van der Waals surface area contributed by atoms with Gasteiger partial charge in [-0.2, -0.15) is 0 Å². The van der Waals surface area contributed by atoms with Crippen LogP contribution in [0.15, 0.2) is 0 Å². The summed E-state index contributed by atoms with van der Waals surface area (Å²) in [5.74, 6) is 1.97. The molecule has 0 aromatic heterocycles. The van der Waals surface area contributed by atoms with Gasteiger partial charge in [-0.05, 0) is 44.7 Å². The van der Waals surface area contributed by atoms with Crippen molar-refractivity contribution < 1.29 is 0 Å². The van der Waals surface area contributed by atoms with Gasteiger partial charge in [0, 0.05) is 25.7 Å². The van der Waals surface area contributed by atoms with E-state index in [1.807, 2.05) is 0 Å². The van der Waals surface area contributed by atoms with Crippen LogP contribution in [0.4, 0.5) is 0 Å². The summed E-state index contributed by atoms with van der Waals surface area (Å²) in [6.45, 7) is 5.49. The maximum atomic E-state index is 2.80. The van der Waals surface area contributed by atoms with E-state index in [0.29, 0.717) is 0 Å². The maximum absolute atomic E-state index is 2.80. The number of likely N-dealkylation sites (tertiary alicyclic amines) is 1. The van der Waals surface area contributed by atoms with Gasteiger partial charge in [0.2, 0.25) is 0 Å². The Morgan fingerprint density at radius 2 is 2.00 bits per heavy atom. The van der Waals surface area contributed by atoms with Crippen LogP contribution in [0.3, 0.4) is 0 Å². The molecule has 14 heavy (non-hydrogen) atoms. The van der Waals surface area contributed by atoms with Gasteiger partial charge in [-0.15, -0.1) is 0 Å². The second kappa shape index (κ2) is 3.49. The van der Waals surface area contributed by atoms with Crippen molar-refractivity contribution in [3.05, 3.63) is 0 Å². The summed E-state index contributed by atoms with van der Waals surface area (Å²) in [6, 6.07) is 0.947. The molecular weight excluding hydrogens is 172 g/mol. The van der Waals surface area contributed by atoms with Crippen molar-refractivity contribution in [3.63, 3.8) is 0 Å². The molecular formula is C12H22N2. The number of piperidine rings is 3. The summed E-state index contributed by atoms with van der Waals surface area (Å²) in [6.07, 6.45) is 5.93. The molecule has 0 N–H and O–H groups in total. The van der Waals surface area contributed by atoms with Crippen molar-refractivity contribution in [2.45, 2.75) is 31.7 Å². The van der Waals surface area contributed by atoms with Crippen LogP contribution in [-0.2, 0) is 0 Å². The van der Waals surface area contributed by atoms with Gasteiger partial charge in [0.25, 0.3) is 0 Å². The monoisotopic (exact) mass is 194 g/mol. The first-order valence-electron chi connectivity index (χ1n) is 6.25. The van der Waals surface area contributed by atoms with Crippen LogP contribution >= 0.6 is 0 Å². The third-order valence-electron chi connectivity index (χ3n) is 4.45. The molecule has 3 fully saturated rings. The number of rotatable bonds is 0. The van der Waals surface area contributed by atoms with E-state index < -0.39 is 0 Å². The molecule has 2 nitrogen and oxygen atoms in total. The molecule has 2 bridgehead atoms. The molecule has 3 heterocycles. The molecule has 0 saturated carbocycles. The fourth-order valence-electron chi connectivity index (χ4n) is 4.01. The molecule has 0 radical (unpaired) electrons. The second-order valence-electron chi connectivity index (χ2n) is 5.64. The molecule has 3 rings (SSSR count). The Morgan fingerprint density at radius 3 is 2.93 bits per heavy atom. The fraction of sp³-hybridized carbons (Fsp3) is 1.00. The van der Waals surface area contributed by atoms with Crippen LogP contribution in [0.5, 0.6) is 0 Å². The van der Waals surface area contributed by atoms with Crippen molar-refractivity contribution in [1.82, 2.24) is 9.80 Å². The lowest BCUT2D eigenvalue weighted by molar-refractivity contribution is -0.0231. The van der Waals surface area contributed by atoms with E-state index in [1.54, 1.807) is 0 Å². The lowest BCUT2D eigenvalue weighted by Gasteiger charge is -2.52. The maximum Gasteiger partial charge on any atom is 0.0136 e. The Labute approximate surface area is 87.3 Å². The molecule has 1 unspecified atom stereocenters. The van der Waals surface area contributed by atoms with Crippen LogP contribution in [0, 0.1) is 11.8 Å². The van der Waals surface area contributed by atoms with Gasteiger partial charge >= 0.3 is 0 Å². The largest absolute Gasteiger partial charge is 0.306 e. The van der Waals surface area contributed by atoms with Crippen molar-refractivity contribution in [2.24, 2.45) is 11.8 Å². The predicted molar refractivity (Wildman–Crippen MR) is 58.3 cm³/mol. The standard InChI is InChI=1S/C12H22N2/c1-13-7-10-6-11(9-13)12-4-2-3-5-14(12)8-10/h10-12H,2-9H2,1H3/t10-,11?,12-/m0/s1. The minimum atomic E-state index is 0.947. The van der Waals surface area contributed by atoms with E-state index in [0.717, 1.165) is 17.9 Å². The summed E-state index contributed by atoms with van der Waals surface area (Å²) < 4.78 is 0. The average molecular weight is 194 g/mol. The molecule has 2 heteroatoms. The third-order valence-corrected chi connectivity index (χ3v) is 4.45. The Morgan fingerprint density at radius 1 is 1.07 bits per heavy atom. The zero-order valence-electron chi connectivity index (χ0n) is 9.28. The van der Waals surface area contributed by atoms with E-state index in [4.69, 9.17) is 0 Å². The molecule has 3 aliphatic heterocycles. The zero-order chi connectivity index (χ0) is 9.54. The Kier molecular flexibility index (Phi) is 2.29. The summed E-state index contributed by atoms with van der Waals surface area (Å²) in [7, 11) is 2.30. The summed E-state index contributed by atoms with van der Waals surface area (Å²) in [5, 5.41) is 0. The van der Waals surface area contributed by atoms with Gasteiger partial charge in [-0.1, -0.05) is 6.42 Å². The van der Waals surface area contributed by atoms with E-state index >= 15 is 0 Å². The number of fused-ring (bicyclic) bond motifs is 4. The molecule has 0 aromatic rings. The first-order valence-corrected chi connectivity index (χ1v) is 6.25. The smallest absolute Gasteiger partial charge is 0.0136 e. The van der Waals surface area contributed by atoms with Crippen LogP contribution < -0.4 is 0 Å². The summed E-state index contributed by atoms with van der Waals surface area (Å²) in [5.41, 5.74) is 0. The highest BCUT2D eigenvalue weighted by Crippen LogP contribution is 2.36. The summed E-state index contributed by atoms with van der Waals surface area (Å²) >= 11 is 0. The minimum absolute atomic E-state index is 0.947. The highest BCUT2D eigenvalue weighted by atomic mass is 15.2. The van der Waals surface area contributed by atoms with Crippen molar-refractivity contribution in [2.75, 3.05) is 33.2 Å². The number of nitrogens with zero attached hydrogens (tertiary/aromatic N) is 2. The fourth-order valence-corrected chi connectivity index (χ4v) is 4.01. The lowest BCUT2D eigenvalue weighted by Crippen LogP contribution is -2.58. The number of hydrogen-bond donors (Lipinski definition) is 0. The minimum Gasteiger partial charge on any atom is -0.306 e.